The topological polar surface area (TPSA) is 31.4 Å². The molecule has 2 atom stereocenters. The highest BCUT2D eigenvalue weighted by Gasteiger charge is 2.47. The molecule has 128 valence electrons. The van der Waals surface area contributed by atoms with E-state index in [1.165, 1.54) is 17.2 Å². The Balaban J connectivity index is 1.80. The number of aromatic nitrogens is 1. The van der Waals surface area contributed by atoms with Crippen LogP contribution in [0.5, 0.6) is 0 Å². The van der Waals surface area contributed by atoms with E-state index in [0.717, 1.165) is 32.5 Å². The SMILES string of the molecule is FC(F)(F)C(c1ccc(Br)cn1)N1CCCN(C2CCNC2)C1. The van der Waals surface area contributed by atoms with Gasteiger partial charge in [-0.3, -0.25) is 14.8 Å². The van der Waals surface area contributed by atoms with Gasteiger partial charge in [0.1, 0.15) is 6.04 Å². The molecule has 1 aromatic heterocycles. The van der Waals surface area contributed by atoms with Crippen LogP contribution < -0.4 is 5.32 Å². The predicted molar refractivity (Wildman–Crippen MR) is 84.9 cm³/mol. The molecule has 4 nitrogen and oxygen atoms in total. The summed E-state index contributed by atoms with van der Waals surface area (Å²) in [6.45, 7) is 3.45. The lowest BCUT2D eigenvalue weighted by atomic mass is 10.1. The Labute approximate surface area is 142 Å². The van der Waals surface area contributed by atoms with Crippen molar-refractivity contribution < 1.29 is 13.2 Å². The summed E-state index contributed by atoms with van der Waals surface area (Å²) in [4.78, 5) is 7.68. The second-order valence-corrected chi connectivity index (χ2v) is 7.03. The van der Waals surface area contributed by atoms with E-state index in [-0.39, 0.29) is 5.69 Å². The molecule has 3 rings (SSSR count). The van der Waals surface area contributed by atoms with Gasteiger partial charge in [-0.25, -0.2) is 0 Å². The first-order chi connectivity index (χ1) is 10.9. The molecule has 0 aliphatic carbocycles. The zero-order chi connectivity index (χ0) is 16.4. The first kappa shape index (κ1) is 17.1. The summed E-state index contributed by atoms with van der Waals surface area (Å²) in [5.41, 5.74) is 0.0621. The Morgan fingerprint density at radius 3 is 2.74 bits per heavy atom. The molecule has 0 saturated carbocycles. The lowest BCUT2D eigenvalue weighted by Crippen LogP contribution is -2.53. The molecule has 0 aromatic carbocycles. The Bertz CT molecular complexity index is 516. The summed E-state index contributed by atoms with van der Waals surface area (Å²) in [7, 11) is 0. The Morgan fingerprint density at radius 2 is 2.13 bits per heavy atom. The van der Waals surface area contributed by atoms with E-state index >= 15 is 0 Å². The van der Waals surface area contributed by atoms with E-state index in [0.29, 0.717) is 23.7 Å². The standard InChI is InChI=1S/C15H20BrF3N4/c16-11-2-3-13(21-8-11)14(15(17,18)19)23-7-1-6-22(10-23)12-4-5-20-9-12/h2-3,8,12,14,20H,1,4-7,9-10H2. The molecule has 0 bridgehead atoms. The van der Waals surface area contributed by atoms with Crippen molar-refractivity contribution >= 4 is 15.9 Å². The van der Waals surface area contributed by atoms with Crippen LogP contribution in [0.3, 0.4) is 0 Å². The minimum atomic E-state index is -4.34. The molecule has 3 heterocycles. The molecule has 0 radical (unpaired) electrons. The Hall–Kier alpha value is -0.700. The number of hydrogen-bond donors (Lipinski definition) is 1. The van der Waals surface area contributed by atoms with Crippen molar-refractivity contribution in [3.63, 3.8) is 0 Å². The van der Waals surface area contributed by atoms with Gasteiger partial charge in [-0.15, -0.1) is 0 Å². The van der Waals surface area contributed by atoms with Gasteiger partial charge in [0, 0.05) is 36.3 Å². The molecule has 0 amide bonds. The molecule has 23 heavy (non-hydrogen) atoms. The summed E-state index contributed by atoms with van der Waals surface area (Å²) in [6.07, 6.45) is -1.16. The molecule has 1 aromatic rings. The van der Waals surface area contributed by atoms with Gasteiger partial charge in [0.2, 0.25) is 0 Å². The average Bonchev–Trinajstić information content (AvgIpc) is 3.03. The molecular weight excluding hydrogens is 373 g/mol. The fourth-order valence-corrected chi connectivity index (χ4v) is 3.66. The van der Waals surface area contributed by atoms with Crippen LogP contribution in [0, 0.1) is 0 Å². The zero-order valence-electron chi connectivity index (χ0n) is 12.7. The maximum atomic E-state index is 13.7. The van der Waals surface area contributed by atoms with Crippen molar-refractivity contribution in [1.29, 1.82) is 0 Å². The highest BCUT2D eigenvalue weighted by Crippen LogP contribution is 2.38. The van der Waals surface area contributed by atoms with Crippen LogP contribution in [-0.2, 0) is 0 Å². The fourth-order valence-electron chi connectivity index (χ4n) is 3.42. The number of hydrogen-bond acceptors (Lipinski definition) is 4. The van der Waals surface area contributed by atoms with Gasteiger partial charge in [-0.2, -0.15) is 13.2 Å². The Kier molecular flexibility index (Phi) is 5.25. The smallest absolute Gasteiger partial charge is 0.315 e. The number of alkyl halides is 3. The minimum Gasteiger partial charge on any atom is -0.315 e. The first-order valence-electron chi connectivity index (χ1n) is 7.82. The van der Waals surface area contributed by atoms with Crippen molar-refractivity contribution in [3.05, 3.63) is 28.5 Å². The van der Waals surface area contributed by atoms with Crippen LogP contribution in [0.2, 0.25) is 0 Å². The van der Waals surface area contributed by atoms with Gasteiger partial charge in [0.15, 0.2) is 0 Å². The van der Waals surface area contributed by atoms with Crippen LogP contribution in [0.15, 0.2) is 22.8 Å². The molecule has 2 aliphatic rings. The largest absolute Gasteiger partial charge is 0.409 e. The van der Waals surface area contributed by atoms with Crippen molar-refractivity contribution in [2.75, 3.05) is 32.8 Å². The summed E-state index contributed by atoms with van der Waals surface area (Å²) < 4.78 is 41.7. The minimum absolute atomic E-state index is 0.0621. The average molecular weight is 393 g/mol. The third kappa shape index (κ3) is 4.04. The first-order valence-corrected chi connectivity index (χ1v) is 8.61. The van der Waals surface area contributed by atoms with E-state index in [9.17, 15) is 13.2 Å². The second kappa shape index (κ2) is 7.04. The van der Waals surface area contributed by atoms with E-state index in [1.54, 1.807) is 6.07 Å². The number of nitrogens with zero attached hydrogens (tertiary/aromatic N) is 3. The number of rotatable bonds is 3. The highest BCUT2D eigenvalue weighted by atomic mass is 79.9. The molecule has 2 aliphatic heterocycles. The zero-order valence-corrected chi connectivity index (χ0v) is 14.3. The van der Waals surface area contributed by atoms with Crippen molar-refractivity contribution in [3.8, 4) is 0 Å². The van der Waals surface area contributed by atoms with Crippen LogP contribution in [-0.4, -0.2) is 59.8 Å². The molecule has 2 fully saturated rings. The second-order valence-electron chi connectivity index (χ2n) is 6.11. The van der Waals surface area contributed by atoms with Crippen LogP contribution in [0.1, 0.15) is 24.6 Å². The van der Waals surface area contributed by atoms with E-state index in [2.05, 4.69) is 31.1 Å². The van der Waals surface area contributed by atoms with Gasteiger partial charge in [-0.05, 0) is 47.4 Å². The van der Waals surface area contributed by atoms with Gasteiger partial charge >= 0.3 is 6.18 Å². The quantitative estimate of drug-likeness (QED) is 0.856. The number of halogens is 4. The highest BCUT2D eigenvalue weighted by molar-refractivity contribution is 9.10. The normalized spacial score (nSPS) is 25.7. The third-order valence-electron chi connectivity index (χ3n) is 4.51. The van der Waals surface area contributed by atoms with Crippen LogP contribution >= 0.6 is 15.9 Å². The molecule has 0 spiro atoms. The molecular formula is C15H20BrF3N4. The molecule has 2 saturated heterocycles. The van der Waals surface area contributed by atoms with Crippen molar-refractivity contribution in [1.82, 2.24) is 20.1 Å². The molecule has 1 N–H and O–H groups in total. The lowest BCUT2D eigenvalue weighted by molar-refractivity contribution is -0.197. The fraction of sp³-hybridized carbons (Fsp3) is 0.667. The van der Waals surface area contributed by atoms with Gasteiger partial charge in [0.05, 0.1) is 12.4 Å². The van der Waals surface area contributed by atoms with Crippen LogP contribution in [0.25, 0.3) is 0 Å². The summed E-state index contributed by atoms with van der Waals surface area (Å²) in [5.74, 6) is 0. The van der Waals surface area contributed by atoms with Gasteiger partial charge < -0.3 is 5.32 Å². The summed E-state index contributed by atoms with van der Waals surface area (Å²) in [6, 6.07) is 1.76. The maximum absolute atomic E-state index is 13.7. The third-order valence-corrected chi connectivity index (χ3v) is 4.98. The maximum Gasteiger partial charge on any atom is 0.409 e. The predicted octanol–water partition coefficient (Wildman–Crippen LogP) is 2.77. The van der Waals surface area contributed by atoms with E-state index in [1.807, 2.05) is 0 Å². The van der Waals surface area contributed by atoms with Crippen molar-refractivity contribution in [2.45, 2.75) is 31.1 Å². The Morgan fingerprint density at radius 1 is 1.30 bits per heavy atom. The van der Waals surface area contributed by atoms with E-state index < -0.39 is 12.2 Å². The van der Waals surface area contributed by atoms with Crippen LogP contribution in [0.4, 0.5) is 13.2 Å². The van der Waals surface area contributed by atoms with E-state index in [4.69, 9.17) is 0 Å². The lowest BCUT2D eigenvalue weighted by Gasteiger charge is -2.42. The summed E-state index contributed by atoms with van der Waals surface area (Å²) in [5, 5.41) is 3.28. The number of pyridine rings is 1. The van der Waals surface area contributed by atoms with Gasteiger partial charge in [-0.1, -0.05) is 0 Å². The van der Waals surface area contributed by atoms with Gasteiger partial charge in [0.25, 0.3) is 0 Å². The summed E-state index contributed by atoms with van der Waals surface area (Å²) >= 11 is 3.22. The molecule has 8 heteroatoms. The monoisotopic (exact) mass is 392 g/mol. The molecule has 2 unspecified atom stereocenters. The number of nitrogens with one attached hydrogen (secondary N) is 1. The van der Waals surface area contributed by atoms with Crippen molar-refractivity contribution in [2.24, 2.45) is 0 Å².